The molecule has 0 spiro atoms. The highest BCUT2D eigenvalue weighted by Gasteiger charge is 2.17. The molecule has 3 N–H and O–H groups in total. The molecule has 2 aromatic carbocycles. The Hall–Kier alpha value is -3.54. The highest BCUT2D eigenvalue weighted by molar-refractivity contribution is 9.10. The molecule has 9 nitrogen and oxygen atoms in total. The van der Waals surface area contributed by atoms with Gasteiger partial charge in [0.05, 0.1) is 26.2 Å². The second-order valence-electron chi connectivity index (χ2n) is 6.33. The highest BCUT2D eigenvalue weighted by atomic mass is 79.9. The molecule has 0 radical (unpaired) electrons. The molecule has 168 valence electrons. The zero-order chi connectivity index (χ0) is 24.0. The number of thiophene rings is 1. The van der Waals surface area contributed by atoms with Crippen LogP contribution in [0, 0.1) is 10.1 Å². The monoisotopic (exact) mass is 548 g/mol. The fraction of sp³-hybridized carbons (Fsp3) is 0. The number of nitro benzene ring substituents is 1. The standard InChI is InChI=1S/C21H14BrClN4O5S/c22-16-9-13(27(31)32)8-12(19(16)28)11-24-26-21(30)18(10-14-4-3-7-33-14)25-20(29)15-5-1-2-6-17(15)23/h1-11,28H,(H,25,29)(H,26,30)/b18-10+,24-11+. The van der Waals surface area contributed by atoms with Gasteiger partial charge >= 0.3 is 0 Å². The van der Waals surface area contributed by atoms with Crippen molar-refractivity contribution in [1.29, 1.82) is 0 Å². The predicted octanol–water partition coefficient (Wildman–Crippen LogP) is 4.70. The van der Waals surface area contributed by atoms with Crippen LogP contribution in [0.3, 0.4) is 0 Å². The van der Waals surface area contributed by atoms with Crippen LogP contribution in [0.5, 0.6) is 5.75 Å². The number of benzene rings is 2. The fourth-order valence-electron chi connectivity index (χ4n) is 2.54. The van der Waals surface area contributed by atoms with Crippen molar-refractivity contribution < 1.29 is 19.6 Å². The summed E-state index contributed by atoms with van der Waals surface area (Å²) in [6.07, 6.45) is 2.51. The van der Waals surface area contributed by atoms with Gasteiger partial charge in [0.15, 0.2) is 0 Å². The molecule has 0 aliphatic heterocycles. The van der Waals surface area contributed by atoms with E-state index in [0.717, 1.165) is 18.3 Å². The molecule has 33 heavy (non-hydrogen) atoms. The van der Waals surface area contributed by atoms with Crippen molar-refractivity contribution in [3.63, 3.8) is 0 Å². The van der Waals surface area contributed by atoms with Crippen LogP contribution in [0.25, 0.3) is 6.08 Å². The predicted molar refractivity (Wildman–Crippen MR) is 129 cm³/mol. The van der Waals surface area contributed by atoms with Crippen molar-refractivity contribution in [2.75, 3.05) is 0 Å². The van der Waals surface area contributed by atoms with E-state index in [-0.39, 0.29) is 37.8 Å². The van der Waals surface area contributed by atoms with Crippen LogP contribution in [-0.4, -0.2) is 28.1 Å². The first-order valence-electron chi connectivity index (χ1n) is 9.07. The lowest BCUT2D eigenvalue weighted by molar-refractivity contribution is -0.385. The smallest absolute Gasteiger partial charge is 0.287 e. The van der Waals surface area contributed by atoms with Crippen molar-refractivity contribution in [2.24, 2.45) is 5.10 Å². The summed E-state index contributed by atoms with van der Waals surface area (Å²) in [6, 6.07) is 12.1. The number of carbonyl (C=O) groups excluding carboxylic acids is 2. The normalized spacial score (nSPS) is 11.4. The van der Waals surface area contributed by atoms with Crippen LogP contribution >= 0.6 is 38.9 Å². The average Bonchev–Trinajstić information content (AvgIpc) is 3.29. The maximum Gasteiger partial charge on any atom is 0.287 e. The lowest BCUT2D eigenvalue weighted by Crippen LogP contribution is -2.33. The number of hydrogen-bond acceptors (Lipinski definition) is 7. The van der Waals surface area contributed by atoms with Crippen LogP contribution in [-0.2, 0) is 4.79 Å². The molecule has 0 saturated heterocycles. The van der Waals surface area contributed by atoms with E-state index in [1.165, 1.54) is 23.5 Å². The molecule has 0 atom stereocenters. The fourth-order valence-corrected chi connectivity index (χ4v) is 3.88. The van der Waals surface area contributed by atoms with Crippen molar-refractivity contribution in [3.8, 4) is 5.75 Å². The Morgan fingerprint density at radius 1 is 1.21 bits per heavy atom. The number of amides is 2. The van der Waals surface area contributed by atoms with Gasteiger partial charge < -0.3 is 10.4 Å². The SMILES string of the molecule is O=C(N/N=C/c1cc([N+](=O)[O-])cc(Br)c1O)/C(=C\c1cccs1)NC(=O)c1ccccc1Cl. The van der Waals surface area contributed by atoms with Gasteiger partial charge in [-0.2, -0.15) is 5.10 Å². The van der Waals surface area contributed by atoms with Crippen molar-refractivity contribution >= 4 is 68.7 Å². The largest absolute Gasteiger partial charge is 0.506 e. The summed E-state index contributed by atoms with van der Waals surface area (Å²) in [5.41, 5.74) is 2.03. The molecule has 1 aromatic heterocycles. The van der Waals surface area contributed by atoms with Gasteiger partial charge in [0, 0.05) is 22.6 Å². The molecule has 0 aliphatic carbocycles. The third-order valence-electron chi connectivity index (χ3n) is 4.10. The van der Waals surface area contributed by atoms with Crippen molar-refractivity contribution in [1.82, 2.24) is 10.7 Å². The van der Waals surface area contributed by atoms with Crippen LogP contribution in [0.2, 0.25) is 5.02 Å². The van der Waals surface area contributed by atoms with Gasteiger partial charge in [0.1, 0.15) is 11.4 Å². The van der Waals surface area contributed by atoms with E-state index >= 15 is 0 Å². The zero-order valence-electron chi connectivity index (χ0n) is 16.5. The average molecular weight is 550 g/mol. The van der Waals surface area contributed by atoms with E-state index in [1.807, 2.05) is 0 Å². The van der Waals surface area contributed by atoms with Crippen molar-refractivity contribution in [3.05, 3.63) is 95.2 Å². The molecule has 0 aliphatic rings. The molecule has 0 saturated carbocycles. The molecule has 0 unspecified atom stereocenters. The minimum absolute atomic E-state index is 0.000245. The topological polar surface area (TPSA) is 134 Å². The Labute approximate surface area is 204 Å². The van der Waals surface area contributed by atoms with E-state index in [1.54, 1.807) is 35.7 Å². The van der Waals surface area contributed by atoms with E-state index in [0.29, 0.717) is 4.88 Å². The first-order chi connectivity index (χ1) is 15.8. The summed E-state index contributed by atoms with van der Waals surface area (Å²) in [6.45, 7) is 0. The number of aromatic hydroxyl groups is 1. The van der Waals surface area contributed by atoms with E-state index in [4.69, 9.17) is 11.6 Å². The Kier molecular flexibility index (Phi) is 7.93. The van der Waals surface area contributed by atoms with Gasteiger partial charge in [-0.3, -0.25) is 19.7 Å². The molecule has 3 aromatic rings. The molecule has 0 fully saturated rings. The van der Waals surface area contributed by atoms with E-state index in [2.05, 4.69) is 31.8 Å². The molecule has 3 rings (SSSR count). The van der Waals surface area contributed by atoms with E-state index in [9.17, 15) is 24.8 Å². The molecular weight excluding hydrogens is 536 g/mol. The summed E-state index contributed by atoms with van der Waals surface area (Å²) in [4.78, 5) is 36.4. The van der Waals surface area contributed by atoms with Crippen molar-refractivity contribution in [2.45, 2.75) is 0 Å². The zero-order valence-corrected chi connectivity index (χ0v) is 19.6. The first-order valence-corrected chi connectivity index (χ1v) is 11.1. The number of carbonyl (C=O) groups is 2. The Morgan fingerprint density at radius 3 is 2.64 bits per heavy atom. The highest BCUT2D eigenvalue weighted by Crippen LogP contribution is 2.31. The minimum Gasteiger partial charge on any atom is -0.506 e. The Bertz CT molecular complexity index is 1280. The lowest BCUT2D eigenvalue weighted by Gasteiger charge is -2.09. The number of hydrazone groups is 1. The number of rotatable bonds is 7. The summed E-state index contributed by atoms with van der Waals surface area (Å²) in [5, 5.41) is 29.4. The lowest BCUT2D eigenvalue weighted by atomic mass is 10.2. The second kappa shape index (κ2) is 10.9. The molecular formula is C21H14BrClN4O5S. The summed E-state index contributed by atoms with van der Waals surface area (Å²) < 4.78 is 0.0924. The van der Waals surface area contributed by atoms with Gasteiger partial charge in [0.2, 0.25) is 0 Å². The molecule has 12 heteroatoms. The summed E-state index contributed by atoms with van der Waals surface area (Å²) >= 11 is 10.4. The summed E-state index contributed by atoms with van der Waals surface area (Å²) in [7, 11) is 0. The molecule has 0 bridgehead atoms. The number of phenolic OH excluding ortho intramolecular Hbond substituents is 1. The number of nitrogens with one attached hydrogen (secondary N) is 2. The van der Waals surface area contributed by atoms with Gasteiger partial charge in [-0.05, 0) is 45.6 Å². The van der Waals surface area contributed by atoms with Gasteiger partial charge in [-0.15, -0.1) is 11.3 Å². The van der Waals surface area contributed by atoms with Crippen LogP contribution in [0.4, 0.5) is 5.69 Å². The van der Waals surface area contributed by atoms with E-state index < -0.39 is 16.7 Å². The van der Waals surface area contributed by atoms with Crippen LogP contribution in [0.1, 0.15) is 20.8 Å². The number of phenols is 1. The number of nitrogens with zero attached hydrogens (tertiary/aromatic N) is 2. The maximum atomic E-state index is 12.7. The van der Waals surface area contributed by atoms with Gasteiger partial charge in [-0.1, -0.05) is 29.8 Å². The Morgan fingerprint density at radius 2 is 1.97 bits per heavy atom. The second-order valence-corrected chi connectivity index (χ2v) is 8.57. The minimum atomic E-state index is -0.760. The van der Waals surface area contributed by atoms with Gasteiger partial charge in [0.25, 0.3) is 17.5 Å². The third kappa shape index (κ3) is 6.25. The Balaban J connectivity index is 1.82. The number of hydrogen-bond donors (Lipinski definition) is 3. The van der Waals surface area contributed by atoms with Crippen LogP contribution < -0.4 is 10.7 Å². The number of nitro groups is 1. The number of halogens is 2. The number of non-ortho nitro benzene ring substituents is 1. The quantitative estimate of drug-likeness (QED) is 0.170. The first kappa shape index (κ1) is 24.1. The summed E-state index contributed by atoms with van der Waals surface area (Å²) in [5.74, 6) is -1.65. The third-order valence-corrected chi connectivity index (χ3v) is 5.85. The van der Waals surface area contributed by atoms with Gasteiger partial charge in [-0.25, -0.2) is 5.43 Å². The van der Waals surface area contributed by atoms with Crippen LogP contribution in [0.15, 0.2) is 69.2 Å². The molecule has 1 heterocycles. The maximum absolute atomic E-state index is 12.7. The molecule has 2 amide bonds.